The summed E-state index contributed by atoms with van der Waals surface area (Å²) >= 11 is 0. The number of carboxylic acid groups (broad SMARTS) is 2. The molecule has 0 radical (unpaired) electrons. The van der Waals surface area contributed by atoms with Gasteiger partial charge in [0.15, 0.2) is 5.92 Å². The van der Waals surface area contributed by atoms with Crippen LogP contribution in [-0.4, -0.2) is 71.0 Å². The van der Waals surface area contributed by atoms with Crippen LogP contribution in [0.4, 0.5) is 0 Å². The largest absolute Gasteiger partial charge is 2.00 e. The molecule has 0 fully saturated rings. The van der Waals surface area contributed by atoms with Gasteiger partial charge in [0.2, 0.25) is 0 Å². The van der Waals surface area contributed by atoms with E-state index in [2.05, 4.69) is 0 Å². The summed E-state index contributed by atoms with van der Waals surface area (Å²) in [6.07, 6.45) is 0.772. The van der Waals surface area contributed by atoms with Gasteiger partial charge in [0.25, 0.3) is 0 Å². The molecular formula is C6H12BaO4. The maximum Gasteiger partial charge on any atom is 2.00 e. The van der Waals surface area contributed by atoms with Gasteiger partial charge in [-0.2, -0.15) is 0 Å². The minimum Gasteiger partial charge on any atom is -1.00 e. The predicted molar refractivity (Wildman–Crippen MR) is 41.6 cm³/mol. The van der Waals surface area contributed by atoms with Gasteiger partial charge < -0.3 is 13.1 Å². The number of carbonyl (C=O) groups is 2. The molecule has 0 amide bonds. The van der Waals surface area contributed by atoms with E-state index in [1.54, 1.807) is 6.92 Å². The molecule has 0 unspecified atom stereocenters. The Hall–Kier alpha value is 0.511. The molecule has 62 valence electrons. The van der Waals surface area contributed by atoms with Crippen molar-refractivity contribution in [1.29, 1.82) is 0 Å². The molecule has 0 aliphatic rings. The topological polar surface area (TPSA) is 74.6 Å². The van der Waals surface area contributed by atoms with Gasteiger partial charge >= 0.3 is 60.8 Å². The minimum absolute atomic E-state index is 0. The van der Waals surface area contributed by atoms with Gasteiger partial charge in [0, 0.05) is 0 Å². The van der Waals surface area contributed by atoms with Crippen molar-refractivity contribution in [3.8, 4) is 0 Å². The molecule has 5 heteroatoms. The first-order valence-corrected chi connectivity index (χ1v) is 3.05. The van der Waals surface area contributed by atoms with Crippen molar-refractivity contribution < 1.29 is 22.7 Å². The number of hydrogen-bond donors (Lipinski definition) is 2. The first-order chi connectivity index (χ1) is 4.59. The van der Waals surface area contributed by atoms with Crippen molar-refractivity contribution in [3.05, 3.63) is 0 Å². The Morgan fingerprint density at radius 3 is 1.82 bits per heavy atom. The molecule has 0 heterocycles. The fourth-order valence-corrected chi connectivity index (χ4v) is 0.641. The molecular weight excluding hydrogens is 273 g/mol. The van der Waals surface area contributed by atoms with E-state index in [-0.39, 0.29) is 58.2 Å². The zero-order valence-electron chi connectivity index (χ0n) is 8.41. The van der Waals surface area contributed by atoms with Crippen LogP contribution in [0.1, 0.15) is 22.6 Å². The van der Waals surface area contributed by atoms with Crippen LogP contribution in [0.5, 0.6) is 0 Å². The standard InChI is InChI=1S/C6H10O4.Ba.2H/c1-2-3-4(5(7)8)6(9)10;;;/h4H,2-3H2,1H3,(H,7,8)(H,9,10);;;/q;+2;2*-1. The van der Waals surface area contributed by atoms with E-state index in [4.69, 9.17) is 10.2 Å². The van der Waals surface area contributed by atoms with Crippen LogP contribution in [0.2, 0.25) is 0 Å². The van der Waals surface area contributed by atoms with Gasteiger partial charge in [-0.25, -0.2) is 0 Å². The minimum atomic E-state index is -1.26. The maximum atomic E-state index is 10.2. The van der Waals surface area contributed by atoms with Crippen molar-refractivity contribution in [2.75, 3.05) is 0 Å². The number of aliphatic carboxylic acids is 2. The molecule has 0 atom stereocenters. The van der Waals surface area contributed by atoms with E-state index in [1.165, 1.54) is 0 Å². The second kappa shape index (κ2) is 7.18. The fourth-order valence-electron chi connectivity index (χ4n) is 0.641. The van der Waals surface area contributed by atoms with Crippen molar-refractivity contribution >= 4 is 60.8 Å². The SMILES string of the molecule is CCCC(C(=O)O)C(=O)O.[Ba+2].[H-].[H-]. The third-order valence-corrected chi connectivity index (χ3v) is 1.17. The molecule has 2 N–H and O–H groups in total. The predicted octanol–water partition coefficient (Wildman–Crippen LogP) is 0.416. The van der Waals surface area contributed by atoms with Crippen molar-refractivity contribution in [3.63, 3.8) is 0 Å². The summed E-state index contributed by atoms with van der Waals surface area (Å²) in [6.45, 7) is 1.75. The molecule has 0 rings (SSSR count). The Balaban J connectivity index is -0.000000135. The Morgan fingerprint density at radius 1 is 1.36 bits per heavy atom. The molecule has 0 aromatic carbocycles. The summed E-state index contributed by atoms with van der Waals surface area (Å²) < 4.78 is 0. The van der Waals surface area contributed by atoms with E-state index < -0.39 is 17.9 Å². The monoisotopic (exact) mass is 286 g/mol. The summed E-state index contributed by atoms with van der Waals surface area (Å²) in [7, 11) is 0. The first kappa shape index (κ1) is 14.1. The molecule has 0 saturated carbocycles. The molecule has 4 nitrogen and oxygen atoms in total. The summed E-state index contributed by atoms with van der Waals surface area (Å²) in [6, 6.07) is 0. The number of rotatable bonds is 4. The van der Waals surface area contributed by atoms with E-state index >= 15 is 0 Å². The summed E-state index contributed by atoms with van der Waals surface area (Å²) in [5.41, 5.74) is 0. The Bertz CT molecular complexity index is 140. The Morgan fingerprint density at radius 2 is 1.73 bits per heavy atom. The third kappa shape index (κ3) is 5.75. The zero-order valence-corrected chi connectivity index (χ0v) is 10.9. The molecule has 0 aromatic heterocycles. The van der Waals surface area contributed by atoms with Crippen LogP contribution in [0.25, 0.3) is 0 Å². The van der Waals surface area contributed by atoms with Crippen molar-refractivity contribution in [1.82, 2.24) is 0 Å². The molecule has 0 aliphatic carbocycles. The van der Waals surface area contributed by atoms with Crippen molar-refractivity contribution in [2.24, 2.45) is 5.92 Å². The zero-order chi connectivity index (χ0) is 8.15. The van der Waals surface area contributed by atoms with E-state index in [0.29, 0.717) is 6.42 Å². The maximum absolute atomic E-state index is 10.2. The average molecular weight is 285 g/mol. The molecule has 0 aliphatic heterocycles. The summed E-state index contributed by atoms with van der Waals surface area (Å²) in [4.78, 5) is 20.3. The summed E-state index contributed by atoms with van der Waals surface area (Å²) in [5, 5.41) is 16.6. The van der Waals surface area contributed by atoms with Crippen LogP contribution < -0.4 is 0 Å². The molecule has 11 heavy (non-hydrogen) atoms. The normalized spacial score (nSPS) is 8.91. The van der Waals surface area contributed by atoms with Gasteiger partial charge in [-0.1, -0.05) is 13.3 Å². The number of carboxylic acids is 2. The van der Waals surface area contributed by atoms with Crippen LogP contribution in [0.15, 0.2) is 0 Å². The van der Waals surface area contributed by atoms with Gasteiger partial charge in [-0.05, 0) is 6.42 Å². The quantitative estimate of drug-likeness (QED) is 0.580. The van der Waals surface area contributed by atoms with Gasteiger partial charge in [0.05, 0.1) is 0 Å². The van der Waals surface area contributed by atoms with Crippen LogP contribution in [0.3, 0.4) is 0 Å². The first-order valence-electron chi connectivity index (χ1n) is 3.05. The Labute approximate surface area is 108 Å². The van der Waals surface area contributed by atoms with Crippen LogP contribution in [0, 0.1) is 5.92 Å². The van der Waals surface area contributed by atoms with E-state index in [0.717, 1.165) is 0 Å². The Kier molecular flexibility index (Phi) is 9.17. The fraction of sp³-hybridized carbons (Fsp3) is 0.667. The van der Waals surface area contributed by atoms with Crippen molar-refractivity contribution in [2.45, 2.75) is 19.8 Å². The van der Waals surface area contributed by atoms with Gasteiger partial charge in [-0.3, -0.25) is 9.59 Å². The number of hydrogen-bond acceptors (Lipinski definition) is 2. The smallest absolute Gasteiger partial charge is 1.00 e. The van der Waals surface area contributed by atoms with Gasteiger partial charge in [-0.15, -0.1) is 0 Å². The van der Waals surface area contributed by atoms with Gasteiger partial charge in [0.1, 0.15) is 0 Å². The van der Waals surface area contributed by atoms with E-state index in [1.807, 2.05) is 0 Å². The second-order valence-corrected chi connectivity index (χ2v) is 2.02. The third-order valence-electron chi connectivity index (χ3n) is 1.17. The molecule has 0 spiro atoms. The van der Waals surface area contributed by atoms with Crippen LogP contribution >= 0.6 is 0 Å². The molecule has 0 bridgehead atoms. The molecule has 0 aromatic rings. The van der Waals surface area contributed by atoms with E-state index in [9.17, 15) is 9.59 Å². The van der Waals surface area contributed by atoms with Crippen LogP contribution in [-0.2, 0) is 9.59 Å². The average Bonchev–Trinajstić information content (AvgIpc) is 1.81. The summed E-state index contributed by atoms with van der Waals surface area (Å²) in [5.74, 6) is -3.74. The molecule has 0 saturated heterocycles. The second-order valence-electron chi connectivity index (χ2n) is 2.02.